The van der Waals surface area contributed by atoms with Gasteiger partial charge in [-0.3, -0.25) is 14.5 Å². The summed E-state index contributed by atoms with van der Waals surface area (Å²) in [6, 6.07) is 13.2. The number of aryl methyl sites for hydroxylation is 1. The van der Waals surface area contributed by atoms with Gasteiger partial charge < -0.3 is 15.6 Å². The van der Waals surface area contributed by atoms with Crippen LogP contribution < -0.4 is 10.6 Å². The van der Waals surface area contributed by atoms with Crippen LogP contribution in [0.3, 0.4) is 0 Å². The molecule has 0 atom stereocenters. The van der Waals surface area contributed by atoms with Crippen LogP contribution >= 0.6 is 11.6 Å². The number of aromatic amines is 1. The first-order valence-electron chi connectivity index (χ1n) is 12.5. The maximum absolute atomic E-state index is 13.1. The maximum Gasteiger partial charge on any atom is 0.256 e. The standard InChI is InChI=1S/C28H29ClN4O4S/c1-17-24(31-18(2)25(17)28(35)30-10-11-33-12-14-38(36,37)15-13-33)16-22-26-21(19-6-8-20(29)9-7-19)4-3-5-23(26)32-27(22)34/h3-9,16,31H,10-15H2,1-2H3,(H,30,35)(H,32,34)/b22-16-. The van der Waals surface area contributed by atoms with E-state index in [9.17, 15) is 18.0 Å². The molecule has 0 saturated carbocycles. The molecule has 2 aliphatic rings. The summed E-state index contributed by atoms with van der Waals surface area (Å²) >= 11 is 6.08. The molecule has 2 aliphatic heterocycles. The van der Waals surface area contributed by atoms with Crippen LogP contribution in [-0.4, -0.2) is 67.8 Å². The zero-order valence-electron chi connectivity index (χ0n) is 21.2. The van der Waals surface area contributed by atoms with Gasteiger partial charge in [-0.1, -0.05) is 35.9 Å². The summed E-state index contributed by atoms with van der Waals surface area (Å²) in [5.41, 5.74) is 6.61. The van der Waals surface area contributed by atoms with Gasteiger partial charge in [0.25, 0.3) is 11.8 Å². The van der Waals surface area contributed by atoms with Crippen molar-refractivity contribution in [3.63, 3.8) is 0 Å². The Hall–Kier alpha value is -3.40. The van der Waals surface area contributed by atoms with E-state index in [1.54, 1.807) is 6.08 Å². The highest BCUT2D eigenvalue weighted by atomic mass is 35.5. The minimum absolute atomic E-state index is 0.158. The summed E-state index contributed by atoms with van der Waals surface area (Å²) in [4.78, 5) is 31.4. The predicted molar refractivity (Wildman–Crippen MR) is 151 cm³/mol. The average molecular weight is 553 g/mol. The van der Waals surface area contributed by atoms with Crippen LogP contribution in [0.15, 0.2) is 42.5 Å². The third-order valence-corrected chi connectivity index (χ3v) is 8.99. The van der Waals surface area contributed by atoms with Gasteiger partial charge in [-0.15, -0.1) is 0 Å². The zero-order chi connectivity index (χ0) is 27.0. The molecule has 3 aromatic rings. The van der Waals surface area contributed by atoms with Gasteiger partial charge in [0, 0.05) is 53.8 Å². The Morgan fingerprint density at radius 3 is 2.53 bits per heavy atom. The van der Waals surface area contributed by atoms with Gasteiger partial charge in [0.05, 0.1) is 22.6 Å². The van der Waals surface area contributed by atoms with Gasteiger partial charge >= 0.3 is 0 Å². The number of hydrogen-bond donors (Lipinski definition) is 3. The number of H-pyrrole nitrogens is 1. The number of sulfone groups is 1. The van der Waals surface area contributed by atoms with Crippen molar-refractivity contribution < 1.29 is 18.0 Å². The highest BCUT2D eigenvalue weighted by molar-refractivity contribution is 7.91. The molecule has 5 rings (SSSR count). The molecule has 38 heavy (non-hydrogen) atoms. The van der Waals surface area contributed by atoms with E-state index in [0.717, 1.165) is 27.9 Å². The topological polar surface area (TPSA) is 111 Å². The van der Waals surface area contributed by atoms with Gasteiger partial charge in [0.1, 0.15) is 0 Å². The van der Waals surface area contributed by atoms with Crippen LogP contribution in [0.4, 0.5) is 5.69 Å². The van der Waals surface area contributed by atoms with Gasteiger partial charge in [-0.2, -0.15) is 0 Å². The van der Waals surface area contributed by atoms with E-state index < -0.39 is 9.84 Å². The molecule has 1 fully saturated rings. The molecule has 0 aliphatic carbocycles. The maximum atomic E-state index is 13.1. The zero-order valence-corrected chi connectivity index (χ0v) is 22.8. The summed E-state index contributed by atoms with van der Waals surface area (Å²) in [6.07, 6.45) is 1.80. The summed E-state index contributed by atoms with van der Waals surface area (Å²) in [7, 11) is -2.93. The minimum atomic E-state index is -2.93. The lowest BCUT2D eigenvalue weighted by molar-refractivity contribution is -0.110. The molecule has 3 heterocycles. The monoisotopic (exact) mass is 552 g/mol. The second-order valence-electron chi connectivity index (χ2n) is 9.66. The number of carbonyl (C=O) groups excluding carboxylic acids is 2. The number of hydrogen-bond acceptors (Lipinski definition) is 5. The number of amides is 2. The lowest BCUT2D eigenvalue weighted by Gasteiger charge is -2.26. The van der Waals surface area contributed by atoms with E-state index in [0.29, 0.717) is 53.7 Å². The van der Waals surface area contributed by atoms with Gasteiger partial charge in [0.2, 0.25) is 0 Å². The fourth-order valence-corrected chi connectivity index (χ4v) is 6.45. The van der Waals surface area contributed by atoms with Gasteiger partial charge in [0.15, 0.2) is 9.84 Å². The van der Waals surface area contributed by atoms with Crippen LogP contribution in [0, 0.1) is 13.8 Å². The number of halogens is 1. The van der Waals surface area contributed by atoms with Crippen molar-refractivity contribution in [1.82, 2.24) is 15.2 Å². The molecular formula is C28H29ClN4O4S. The molecule has 3 N–H and O–H groups in total. The van der Waals surface area contributed by atoms with E-state index >= 15 is 0 Å². The highest BCUT2D eigenvalue weighted by Gasteiger charge is 2.28. The molecule has 2 aromatic carbocycles. The minimum Gasteiger partial charge on any atom is -0.358 e. The van der Waals surface area contributed by atoms with Crippen LogP contribution in [0.5, 0.6) is 0 Å². The van der Waals surface area contributed by atoms with E-state index in [1.165, 1.54) is 0 Å². The van der Waals surface area contributed by atoms with Gasteiger partial charge in [-0.05, 0) is 54.8 Å². The molecular weight excluding hydrogens is 524 g/mol. The van der Waals surface area contributed by atoms with Crippen LogP contribution in [0.2, 0.25) is 5.02 Å². The Morgan fingerprint density at radius 1 is 1.11 bits per heavy atom. The van der Waals surface area contributed by atoms with E-state index in [-0.39, 0.29) is 23.3 Å². The second kappa shape index (κ2) is 10.4. The molecule has 10 heteroatoms. The summed E-state index contributed by atoms with van der Waals surface area (Å²) in [6.45, 7) is 5.67. The number of carbonyl (C=O) groups is 2. The Balaban J connectivity index is 1.37. The molecule has 0 radical (unpaired) electrons. The fraction of sp³-hybridized carbons (Fsp3) is 0.286. The first kappa shape index (κ1) is 26.2. The van der Waals surface area contributed by atoms with Crippen molar-refractivity contribution in [3.05, 3.63) is 75.6 Å². The lowest BCUT2D eigenvalue weighted by Crippen LogP contribution is -2.43. The number of rotatable bonds is 6. The first-order valence-corrected chi connectivity index (χ1v) is 14.7. The largest absolute Gasteiger partial charge is 0.358 e. The summed E-state index contributed by atoms with van der Waals surface area (Å²) in [5, 5.41) is 6.54. The molecule has 0 unspecified atom stereocenters. The number of nitrogens with one attached hydrogen (secondary N) is 3. The SMILES string of the molecule is Cc1[nH]c(/C=C2\C(=O)Nc3cccc(-c4ccc(Cl)cc4)c32)c(C)c1C(=O)NCCN1CCS(=O)(=O)CC1. The average Bonchev–Trinajstić information content (AvgIpc) is 3.35. The molecule has 198 valence electrons. The molecule has 0 spiro atoms. The number of benzene rings is 2. The van der Waals surface area contributed by atoms with Crippen molar-refractivity contribution in [3.8, 4) is 11.1 Å². The summed E-state index contributed by atoms with van der Waals surface area (Å²) in [5.74, 6) is -0.0945. The van der Waals surface area contributed by atoms with Crippen LogP contribution in [-0.2, 0) is 14.6 Å². The van der Waals surface area contributed by atoms with Crippen LogP contribution in [0.25, 0.3) is 22.8 Å². The van der Waals surface area contributed by atoms with E-state index in [1.807, 2.05) is 61.2 Å². The van der Waals surface area contributed by atoms with E-state index in [4.69, 9.17) is 11.6 Å². The molecule has 1 saturated heterocycles. The Kier molecular flexibility index (Phi) is 7.17. The number of nitrogens with zero attached hydrogens (tertiary/aromatic N) is 1. The van der Waals surface area contributed by atoms with Crippen molar-refractivity contribution in [2.75, 3.05) is 43.0 Å². The highest BCUT2D eigenvalue weighted by Crippen LogP contribution is 2.41. The number of anilines is 1. The Bertz CT molecular complexity index is 1540. The number of fused-ring (bicyclic) bond motifs is 1. The first-order chi connectivity index (χ1) is 18.1. The third-order valence-electron chi connectivity index (χ3n) is 7.12. The molecule has 1 aromatic heterocycles. The second-order valence-corrected chi connectivity index (χ2v) is 12.4. The Labute approximate surface area is 227 Å². The fourth-order valence-electron chi connectivity index (χ4n) is 5.05. The Morgan fingerprint density at radius 2 is 1.82 bits per heavy atom. The predicted octanol–water partition coefficient (Wildman–Crippen LogP) is 3.90. The smallest absolute Gasteiger partial charge is 0.256 e. The molecule has 8 nitrogen and oxygen atoms in total. The third kappa shape index (κ3) is 5.27. The normalized spacial score (nSPS) is 17.9. The van der Waals surface area contributed by atoms with Gasteiger partial charge in [-0.25, -0.2) is 8.42 Å². The number of aromatic nitrogens is 1. The van der Waals surface area contributed by atoms with E-state index in [2.05, 4.69) is 15.6 Å². The molecule has 0 bridgehead atoms. The molecule has 2 amide bonds. The van der Waals surface area contributed by atoms with Crippen molar-refractivity contribution in [2.45, 2.75) is 13.8 Å². The van der Waals surface area contributed by atoms with Crippen molar-refractivity contribution in [2.24, 2.45) is 0 Å². The van der Waals surface area contributed by atoms with Crippen molar-refractivity contribution >= 4 is 50.6 Å². The van der Waals surface area contributed by atoms with Crippen LogP contribution in [0.1, 0.15) is 32.9 Å². The summed E-state index contributed by atoms with van der Waals surface area (Å²) < 4.78 is 23.2. The van der Waals surface area contributed by atoms with Crippen molar-refractivity contribution in [1.29, 1.82) is 0 Å². The quantitative estimate of drug-likeness (QED) is 0.402. The lowest BCUT2D eigenvalue weighted by atomic mass is 9.94.